The van der Waals surface area contributed by atoms with Crippen LogP contribution in [-0.2, 0) is 0 Å². The highest BCUT2D eigenvalue weighted by molar-refractivity contribution is 6.27. The third kappa shape index (κ3) is 0.804. The fraction of sp³-hybridized carbons (Fsp3) is 0.750. The lowest BCUT2D eigenvalue weighted by molar-refractivity contribution is 1.07. The van der Waals surface area contributed by atoms with Crippen molar-refractivity contribution >= 4 is 11.6 Å². The van der Waals surface area contributed by atoms with E-state index in [1.807, 2.05) is 6.92 Å². The molecule has 0 aromatic rings. The smallest absolute Gasteiger partial charge is 0.0454 e. The molecule has 0 bridgehead atoms. The zero-order valence-corrected chi connectivity index (χ0v) is 3.92. The molecule has 1 atom stereocenters. The Hall–Kier alpha value is 0.290. The average Bonchev–Trinajstić information content (AvgIpc) is 1.76. The van der Waals surface area contributed by atoms with E-state index in [-0.39, 0.29) is 4.87 Å². The normalized spacial score (nSPS) is 30.0. The van der Waals surface area contributed by atoms with Crippen LogP contribution in [-0.4, -0.2) is 4.87 Å². The van der Waals surface area contributed by atoms with Crippen molar-refractivity contribution in [1.29, 1.82) is 0 Å². The quantitative estimate of drug-likeness (QED) is 0.396. The molecule has 1 unspecified atom stereocenters. The Kier molecular flexibility index (Phi) is 0.470. The molecule has 1 radical (unpaired) electrons. The number of hydrogen-bond donors (Lipinski definition) is 0. The summed E-state index contributed by atoms with van der Waals surface area (Å²) in [6.45, 7) is 2.01. The Bertz CT molecular complexity index is 41.6. The van der Waals surface area contributed by atoms with E-state index in [1.165, 1.54) is 0 Å². The van der Waals surface area contributed by atoms with E-state index >= 15 is 0 Å². The third-order valence-electron chi connectivity index (χ3n) is 0.767. The Balaban J connectivity index is 2.38. The van der Waals surface area contributed by atoms with E-state index in [0.29, 0.717) is 0 Å². The summed E-state index contributed by atoms with van der Waals surface area (Å²) in [5.74, 6) is 0. The number of alkyl halides is 1. The van der Waals surface area contributed by atoms with Gasteiger partial charge in [-0.2, -0.15) is 0 Å². The molecule has 0 aromatic carbocycles. The van der Waals surface area contributed by atoms with Crippen molar-refractivity contribution in [3.05, 3.63) is 6.42 Å². The first-order valence-electron chi connectivity index (χ1n) is 1.74. The first-order chi connectivity index (χ1) is 2.21. The standard InChI is InChI=1S/C4H6Cl/c1-4(5)2-3-4/h2H,3H2,1H3. The van der Waals surface area contributed by atoms with Gasteiger partial charge in [0.15, 0.2) is 0 Å². The molecule has 5 heavy (non-hydrogen) atoms. The number of halogens is 1. The Morgan fingerprint density at radius 2 is 2.20 bits per heavy atom. The van der Waals surface area contributed by atoms with Crippen LogP contribution in [0.2, 0.25) is 0 Å². The van der Waals surface area contributed by atoms with Crippen molar-refractivity contribution in [2.45, 2.75) is 18.2 Å². The van der Waals surface area contributed by atoms with Gasteiger partial charge in [-0.25, -0.2) is 0 Å². The summed E-state index contributed by atoms with van der Waals surface area (Å²) in [5, 5.41) is 0. The molecular weight excluding hydrogens is 83.5 g/mol. The molecule has 1 aliphatic rings. The largest absolute Gasteiger partial charge is 0.119 e. The van der Waals surface area contributed by atoms with Gasteiger partial charge >= 0.3 is 0 Å². The zero-order valence-electron chi connectivity index (χ0n) is 3.16. The summed E-state index contributed by atoms with van der Waals surface area (Å²) < 4.78 is 0. The zero-order chi connectivity index (χ0) is 3.91. The highest BCUT2D eigenvalue weighted by atomic mass is 35.5. The van der Waals surface area contributed by atoms with Gasteiger partial charge in [0, 0.05) is 4.87 Å². The van der Waals surface area contributed by atoms with E-state index in [0.717, 1.165) is 6.42 Å². The molecule has 1 rings (SSSR count). The van der Waals surface area contributed by atoms with E-state index in [4.69, 9.17) is 11.6 Å². The molecule has 0 amide bonds. The van der Waals surface area contributed by atoms with Crippen LogP contribution in [0, 0.1) is 6.42 Å². The maximum absolute atomic E-state index is 5.59. The van der Waals surface area contributed by atoms with Crippen molar-refractivity contribution in [2.24, 2.45) is 0 Å². The van der Waals surface area contributed by atoms with Crippen LogP contribution >= 0.6 is 11.6 Å². The fourth-order valence-corrected chi connectivity index (χ4v) is 0.218. The predicted octanol–water partition coefficient (Wildman–Crippen LogP) is 1.59. The van der Waals surface area contributed by atoms with Gasteiger partial charge in [-0.1, -0.05) is 0 Å². The summed E-state index contributed by atoms with van der Waals surface area (Å²) >= 11 is 5.59. The van der Waals surface area contributed by atoms with Gasteiger partial charge in [-0.15, -0.1) is 11.6 Å². The van der Waals surface area contributed by atoms with Crippen LogP contribution in [0.5, 0.6) is 0 Å². The van der Waals surface area contributed by atoms with E-state index in [2.05, 4.69) is 6.42 Å². The van der Waals surface area contributed by atoms with Gasteiger partial charge in [0.05, 0.1) is 0 Å². The molecule has 0 saturated heterocycles. The van der Waals surface area contributed by atoms with Crippen molar-refractivity contribution in [3.8, 4) is 0 Å². The summed E-state index contributed by atoms with van der Waals surface area (Å²) in [7, 11) is 0. The maximum Gasteiger partial charge on any atom is 0.0454 e. The third-order valence-corrected chi connectivity index (χ3v) is 1.08. The molecule has 0 spiro atoms. The Morgan fingerprint density at radius 3 is 2.20 bits per heavy atom. The lowest BCUT2D eigenvalue weighted by Gasteiger charge is -1.82. The summed E-state index contributed by atoms with van der Waals surface area (Å²) in [6.07, 6.45) is 3.17. The van der Waals surface area contributed by atoms with Crippen LogP contribution in [0.4, 0.5) is 0 Å². The minimum atomic E-state index is 0.0972. The van der Waals surface area contributed by atoms with Crippen molar-refractivity contribution < 1.29 is 0 Å². The number of hydrogen-bond acceptors (Lipinski definition) is 0. The molecule has 0 heterocycles. The molecule has 1 saturated carbocycles. The summed E-state index contributed by atoms with van der Waals surface area (Å²) in [4.78, 5) is 0.0972. The molecule has 0 nitrogen and oxygen atoms in total. The number of rotatable bonds is 0. The van der Waals surface area contributed by atoms with Crippen LogP contribution in [0.15, 0.2) is 0 Å². The van der Waals surface area contributed by atoms with E-state index in [1.54, 1.807) is 0 Å². The fourth-order valence-electron chi connectivity index (χ4n) is 0.141. The predicted molar refractivity (Wildman–Crippen MR) is 23.2 cm³/mol. The second-order valence-electron chi connectivity index (χ2n) is 1.69. The second-order valence-corrected chi connectivity index (χ2v) is 2.55. The average molecular weight is 89.5 g/mol. The maximum atomic E-state index is 5.59. The Morgan fingerprint density at radius 1 is 2.00 bits per heavy atom. The van der Waals surface area contributed by atoms with Crippen molar-refractivity contribution in [2.75, 3.05) is 0 Å². The van der Waals surface area contributed by atoms with Crippen LogP contribution < -0.4 is 0 Å². The second kappa shape index (κ2) is 0.676. The van der Waals surface area contributed by atoms with Crippen LogP contribution in [0.1, 0.15) is 13.3 Å². The minimum absolute atomic E-state index is 0.0972. The highest BCUT2D eigenvalue weighted by Crippen LogP contribution is 2.39. The lowest BCUT2D eigenvalue weighted by atomic mass is 10.5. The molecule has 29 valence electrons. The van der Waals surface area contributed by atoms with Crippen molar-refractivity contribution in [3.63, 3.8) is 0 Å². The van der Waals surface area contributed by atoms with E-state index in [9.17, 15) is 0 Å². The van der Waals surface area contributed by atoms with Gasteiger partial charge in [0.25, 0.3) is 0 Å². The monoisotopic (exact) mass is 89.0 g/mol. The van der Waals surface area contributed by atoms with Gasteiger partial charge in [0.2, 0.25) is 0 Å². The topological polar surface area (TPSA) is 0 Å². The summed E-state index contributed by atoms with van der Waals surface area (Å²) in [5.41, 5.74) is 0. The van der Waals surface area contributed by atoms with Gasteiger partial charge in [-0.3, -0.25) is 0 Å². The SMILES string of the molecule is CC1(Cl)[CH]C1. The highest BCUT2D eigenvalue weighted by Gasteiger charge is 2.34. The van der Waals surface area contributed by atoms with Gasteiger partial charge < -0.3 is 0 Å². The first-order valence-corrected chi connectivity index (χ1v) is 2.12. The van der Waals surface area contributed by atoms with Gasteiger partial charge in [-0.05, 0) is 19.8 Å². The lowest BCUT2D eigenvalue weighted by Crippen LogP contribution is -1.80. The molecule has 1 heteroatoms. The van der Waals surface area contributed by atoms with Gasteiger partial charge in [0.1, 0.15) is 0 Å². The first kappa shape index (κ1) is 3.48. The Labute approximate surface area is 37.1 Å². The van der Waals surface area contributed by atoms with Crippen LogP contribution in [0.3, 0.4) is 0 Å². The van der Waals surface area contributed by atoms with Crippen LogP contribution in [0.25, 0.3) is 0 Å². The molecule has 0 aliphatic heterocycles. The molecule has 1 aliphatic carbocycles. The molecule has 0 aromatic heterocycles. The van der Waals surface area contributed by atoms with E-state index < -0.39 is 0 Å². The minimum Gasteiger partial charge on any atom is -0.119 e. The molecular formula is C4H6Cl. The molecule has 1 fully saturated rings. The van der Waals surface area contributed by atoms with Crippen molar-refractivity contribution in [1.82, 2.24) is 0 Å². The summed E-state index contributed by atoms with van der Waals surface area (Å²) in [6, 6.07) is 0. The molecule has 0 N–H and O–H groups in total.